The number of hydrogen-bond donors (Lipinski definition) is 0. The average Bonchev–Trinajstić information content (AvgIpc) is 3.53. The van der Waals surface area contributed by atoms with Crippen molar-refractivity contribution < 1.29 is 42.9 Å². The molecule has 0 aliphatic rings. The van der Waals surface area contributed by atoms with Gasteiger partial charge in [-0.3, -0.25) is 9.59 Å². The Bertz CT molecular complexity index is 2150. The second kappa shape index (κ2) is 70.3. The van der Waals surface area contributed by atoms with Crippen molar-refractivity contribution in [2.24, 2.45) is 0 Å². The normalized spacial score (nSPS) is 13.8. The van der Waals surface area contributed by atoms with Gasteiger partial charge in [0, 0.05) is 12.8 Å². The van der Waals surface area contributed by atoms with Crippen LogP contribution >= 0.6 is 0 Å². The Kier molecular flexibility index (Phi) is 65.9. The van der Waals surface area contributed by atoms with E-state index >= 15 is 0 Å². The van der Waals surface area contributed by atoms with Gasteiger partial charge in [0.1, 0.15) is 13.2 Å². The molecule has 0 aromatic heterocycles. The van der Waals surface area contributed by atoms with Gasteiger partial charge in [-0.05, 0) is 135 Å². The van der Waals surface area contributed by atoms with Crippen molar-refractivity contribution in [1.82, 2.24) is 0 Å². The molecule has 512 valence electrons. The van der Waals surface area contributed by atoms with Crippen molar-refractivity contribution in [3.8, 4) is 0 Å². The highest BCUT2D eigenvalue weighted by Gasteiger charge is 2.22. The van der Waals surface area contributed by atoms with Gasteiger partial charge < -0.3 is 33.3 Å². The summed E-state index contributed by atoms with van der Waals surface area (Å²) in [6.07, 6.45) is 104. The molecule has 0 saturated heterocycles. The van der Waals surface area contributed by atoms with E-state index < -0.39 is 24.3 Å². The van der Waals surface area contributed by atoms with Gasteiger partial charge in [0.25, 0.3) is 0 Å². The van der Waals surface area contributed by atoms with Gasteiger partial charge in [0.2, 0.25) is 0 Å². The maximum atomic E-state index is 12.9. The number of esters is 2. The Hall–Kier alpha value is -5.61. The van der Waals surface area contributed by atoms with Crippen LogP contribution in [0.25, 0.3) is 0 Å². The molecule has 9 nitrogen and oxygen atoms in total. The number of aliphatic carboxylic acids is 1. The summed E-state index contributed by atoms with van der Waals surface area (Å²) in [5, 5.41) is 11.8. The standard InChI is InChI=1S/C82H131NO8/c1-6-8-10-12-14-16-18-20-22-24-26-28-30-32-33-34-35-36-37-38-39-40-41-42-43-44-45-46-47-49-51-53-55-57-59-61-63-65-67-69-71-73-80(85)91-78(77-90-82(81(86)87)88-75-74-83(3,4)5)76-89-79(84)72-70-68-66-64-62-60-58-56-54-52-50-48-31-29-27-25-23-21-19-17-15-13-11-9-7-2/h8-11,14-17,20-23,26-29,32-33,35-36,38-39,41-42,44-45,47-50,78,82H,6-7,12-13,18-19,24-25,30-31,34,37,40,43,46,51-77H2,1-5H3/b10-8-,11-9-,16-14-,17-15-,22-20-,23-21-,28-26-,29-27-,33-32-,36-35-,39-38-,42-41-,45-44-,49-47-,50-48-. The van der Waals surface area contributed by atoms with Crippen molar-refractivity contribution in [1.29, 1.82) is 0 Å². The smallest absolute Gasteiger partial charge is 0.306 e. The number of ether oxygens (including phenoxy) is 4. The molecule has 0 N–H and O–H groups in total. The van der Waals surface area contributed by atoms with E-state index in [1.165, 1.54) is 70.6 Å². The van der Waals surface area contributed by atoms with E-state index in [1.807, 2.05) is 21.1 Å². The Labute approximate surface area is 558 Å². The second-order valence-electron chi connectivity index (χ2n) is 24.4. The molecule has 0 heterocycles. The summed E-state index contributed by atoms with van der Waals surface area (Å²) in [6.45, 7) is 4.49. The molecule has 2 atom stereocenters. The fourth-order valence-corrected chi connectivity index (χ4v) is 9.24. The molecule has 0 radical (unpaired) electrons. The Morgan fingerprint density at radius 3 is 0.879 bits per heavy atom. The lowest BCUT2D eigenvalue weighted by molar-refractivity contribution is -0.870. The summed E-state index contributed by atoms with van der Waals surface area (Å²) in [6, 6.07) is 0. The highest BCUT2D eigenvalue weighted by atomic mass is 16.7. The van der Waals surface area contributed by atoms with Gasteiger partial charge in [0.05, 0.1) is 40.3 Å². The lowest BCUT2D eigenvalue weighted by atomic mass is 10.0. The maximum absolute atomic E-state index is 12.9. The molecule has 0 spiro atoms. The number of carbonyl (C=O) groups excluding carboxylic acids is 3. The number of carboxylic acid groups (broad SMARTS) is 1. The number of quaternary nitrogens is 1. The minimum Gasteiger partial charge on any atom is -0.545 e. The topological polar surface area (TPSA) is 111 Å². The molecule has 0 aromatic carbocycles. The molecule has 9 heteroatoms. The van der Waals surface area contributed by atoms with E-state index in [-0.39, 0.29) is 38.6 Å². The zero-order valence-electron chi connectivity index (χ0n) is 58.4. The number of hydrogen-bond acceptors (Lipinski definition) is 8. The van der Waals surface area contributed by atoms with E-state index in [1.54, 1.807) is 0 Å². The average molecular weight is 1260 g/mol. The first-order chi connectivity index (χ1) is 44.6. The fraction of sp³-hybridized carbons (Fsp3) is 0.598. The molecule has 0 saturated carbocycles. The van der Waals surface area contributed by atoms with Crippen LogP contribution in [0.2, 0.25) is 0 Å². The zero-order valence-corrected chi connectivity index (χ0v) is 58.4. The highest BCUT2D eigenvalue weighted by molar-refractivity contribution is 5.70. The summed E-state index contributed by atoms with van der Waals surface area (Å²) in [5.74, 6) is -2.31. The third-order valence-corrected chi connectivity index (χ3v) is 14.6. The van der Waals surface area contributed by atoms with Crippen molar-refractivity contribution in [2.45, 2.75) is 270 Å². The molecule has 91 heavy (non-hydrogen) atoms. The van der Waals surface area contributed by atoms with Crippen LogP contribution in [0, 0.1) is 0 Å². The first kappa shape index (κ1) is 85.4. The summed E-state index contributed by atoms with van der Waals surface area (Å²) in [4.78, 5) is 37.5. The Balaban J connectivity index is 4.17. The van der Waals surface area contributed by atoms with Crippen LogP contribution in [0.15, 0.2) is 182 Å². The molecule has 0 aromatic rings. The van der Waals surface area contributed by atoms with E-state index in [0.29, 0.717) is 17.4 Å². The third-order valence-electron chi connectivity index (χ3n) is 14.6. The SMILES string of the molecule is CC/C=C\C/C=C\C/C=C\C/C=C\C/C=C\C/C=C\C/C=C\C/C=C\C/C=C\C/C=C\CCCCCCCCCCCCC(=O)OC(COC(=O)CCCCCCCCCCC/C=C\C/C=C\C/C=C\C/C=C\C/C=C\CC)COC(OCC[N+](C)(C)C)C(=O)[O-]. The van der Waals surface area contributed by atoms with Crippen LogP contribution in [0.4, 0.5) is 0 Å². The predicted molar refractivity (Wildman–Crippen MR) is 388 cm³/mol. The van der Waals surface area contributed by atoms with E-state index in [0.717, 1.165) is 154 Å². The number of unbranched alkanes of at least 4 members (excludes halogenated alkanes) is 19. The maximum Gasteiger partial charge on any atom is 0.306 e. The molecule has 0 fully saturated rings. The summed E-state index contributed by atoms with van der Waals surface area (Å²) in [7, 11) is 5.92. The molecule has 0 bridgehead atoms. The predicted octanol–water partition coefficient (Wildman–Crippen LogP) is 21.5. The lowest BCUT2D eigenvalue weighted by Crippen LogP contribution is -2.44. The quantitative estimate of drug-likeness (QED) is 0.0195. The molecule has 2 unspecified atom stereocenters. The number of likely N-dealkylation sites (N-methyl/N-ethyl adjacent to an activating group) is 1. The van der Waals surface area contributed by atoms with Gasteiger partial charge >= 0.3 is 11.9 Å². The lowest BCUT2D eigenvalue weighted by Gasteiger charge is -2.26. The Morgan fingerprint density at radius 2 is 0.593 bits per heavy atom. The largest absolute Gasteiger partial charge is 0.545 e. The van der Waals surface area contributed by atoms with Crippen molar-refractivity contribution in [2.75, 3.05) is 47.5 Å². The van der Waals surface area contributed by atoms with Crippen molar-refractivity contribution in [3.63, 3.8) is 0 Å². The monoisotopic (exact) mass is 1260 g/mol. The fourth-order valence-electron chi connectivity index (χ4n) is 9.24. The molecule has 0 aliphatic carbocycles. The number of carbonyl (C=O) groups is 3. The molecular formula is C82H131NO8. The van der Waals surface area contributed by atoms with Gasteiger partial charge in [0.15, 0.2) is 12.4 Å². The molecule has 0 aliphatic heterocycles. The molecule has 0 amide bonds. The van der Waals surface area contributed by atoms with E-state index in [2.05, 4.69) is 196 Å². The number of rotatable bonds is 64. The van der Waals surface area contributed by atoms with Crippen LogP contribution in [0.3, 0.4) is 0 Å². The third kappa shape index (κ3) is 71.7. The number of allylic oxidation sites excluding steroid dienone is 30. The molecular weight excluding hydrogens is 1130 g/mol. The van der Waals surface area contributed by atoms with Gasteiger partial charge in [-0.1, -0.05) is 292 Å². The number of nitrogens with zero attached hydrogens (tertiary/aromatic N) is 1. The summed E-state index contributed by atoms with van der Waals surface area (Å²) < 4.78 is 22.8. The minimum atomic E-state index is -1.64. The van der Waals surface area contributed by atoms with E-state index in [4.69, 9.17) is 18.9 Å². The highest BCUT2D eigenvalue weighted by Crippen LogP contribution is 2.16. The van der Waals surface area contributed by atoms with Crippen LogP contribution in [0.1, 0.15) is 258 Å². The summed E-state index contributed by atoms with van der Waals surface area (Å²) >= 11 is 0. The Morgan fingerprint density at radius 1 is 0.330 bits per heavy atom. The molecule has 0 rings (SSSR count). The zero-order chi connectivity index (χ0) is 66.1. The number of carboxylic acids is 1. The first-order valence-electron chi connectivity index (χ1n) is 35.9. The second-order valence-corrected chi connectivity index (χ2v) is 24.4. The van der Waals surface area contributed by atoms with Crippen LogP contribution in [-0.4, -0.2) is 82.3 Å². The minimum absolute atomic E-state index is 0.137. The van der Waals surface area contributed by atoms with Gasteiger partial charge in [-0.15, -0.1) is 0 Å². The first-order valence-corrected chi connectivity index (χ1v) is 35.9. The van der Waals surface area contributed by atoms with Crippen molar-refractivity contribution >= 4 is 17.9 Å². The van der Waals surface area contributed by atoms with Gasteiger partial charge in [-0.25, -0.2) is 0 Å². The van der Waals surface area contributed by atoms with Gasteiger partial charge in [-0.2, -0.15) is 0 Å². The van der Waals surface area contributed by atoms with Crippen molar-refractivity contribution in [3.05, 3.63) is 182 Å². The summed E-state index contributed by atoms with van der Waals surface area (Å²) in [5.41, 5.74) is 0. The van der Waals surface area contributed by atoms with Crippen LogP contribution < -0.4 is 5.11 Å². The van der Waals surface area contributed by atoms with Crippen LogP contribution in [-0.2, 0) is 33.3 Å². The van der Waals surface area contributed by atoms with Crippen LogP contribution in [0.5, 0.6) is 0 Å². The van der Waals surface area contributed by atoms with E-state index in [9.17, 15) is 19.5 Å².